The molecule has 4 heteroatoms. The quantitative estimate of drug-likeness (QED) is 0.816. The van der Waals surface area contributed by atoms with Crippen LogP contribution in [-0.4, -0.2) is 16.4 Å². The second-order valence-corrected chi connectivity index (χ2v) is 5.70. The van der Waals surface area contributed by atoms with Gasteiger partial charge in [0.25, 0.3) is 0 Å². The van der Waals surface area contributed by atoms with Gasteiger partial charge in [-0.25, -0.2) is 4.68 Å². The van der Waals surface area contributed by atoms with Gasteiger partial charge in [-0.3, -0.25) is 0 Å². The summed E-state index contributed by atoms with van der Waals surface area (Å²) >= 11 is 0. The van der Waals surface area contributed by atoms with E-state index in [0.29, 0.717) is 0 Å². The molecule has 0 spiro atoms. The molecule has 0 aliphatic carbocycles. The maximum atomic E-state index is 6.25. The Labute approximate surface area is 103 Å². The number of hydrogen-bond donors (Lipinski definition) is 1. The molecule has 96 valence electrons. The van der Waals surface area contributed by atoms with Crippen molar-refractivity contribution in [3.63, 3.8) is 0 Å². The number of nitrogens with zero attached hydrogens (tertiary/aromatic N) is 2. The van der Waals surface area contributed by atoms with Crippen molar-refractivity contribution in [1.82, 2.24) is 9.78 Å². The Morgan fingerprint density at radius 2 is 2.18 bits per heavy atom. The molecule has 1 aliphatic heterocycles. The smallest absolute Gasteiger partial charge is 0.217 e. The molecule has 2 rings (SSSR count). The Hall–Kier alpha value is -1.03. The minimum Gasteiger partial charge on any atom is -0.478 e. The zero-order chi connectivity index (χ0) is 12.6. The number of fused-ring (bicyclic) bond motifs is 1. The first-order valence-corrected chi connectivity index (χ1v) is 6.45. The lowest BCUT2D eigenvalue weighted by molar-refractivity contribution is 0.242. The van der Waals surface area contributed by atoms with E-state index in [9.17, 15) is 0 Å². The van der Waals surface area contributed by atoms with Gasteiger partial charge in [-0.1, -0.05) is 6.92 Å². The summed E-state index contributed by atoms with van der Waals surface area (Å²) in [4.78, 5) is 0. The summed E-state index contributed by atoms with van der Waals surface area (Å²) in [5, 5.41) is 4.69. The third-order valence-electron chi connectivity index (χ3n) is 3.19. The molecule has 2 N–H and O–H groups in total. The summed E-state index contributed by atoms with van der Waals surface area (Å²) in [6.07, 6.45) is 2.90. The molecule has 4 nitrogen and oxygen atoms in total. The van der Waals surface area contributed by atoms with E-state index in [-0.39, 0.29) is 11.6 Å². The molecule has 0 saturated heterocycles. The lowest BCUT2D eigenvalue weighted by Crippen LogP contribution is -2.24. The summed E-state index contributed by atoms with van der Waals surface area (Å²) in [5.41, 5.74) is 8.39. The summed E-state index contributed by atoms with van der Waals surface area (Å²) < 4.78 is 7.87. The van der Waals surface area contributed by atoms with Gasteiger partial charge in [-0.2, -0.15) is 5.10 Å². The van der Waals surface area contributed by atoms with Crippen molar-refractivity contribution in [3.05, 3.63) is 11.3 Å². The van der Waals surface area contributed by atoms with Gasteiger partial charge < -0.3 is 10.5 Å². The monoisotopic (exact) mass is 237 g/mol. The van der Waals surface area contributed by atoms with Crippen LogP contribution in [-0.2, 0) is 12.0 Å². The van der Waals surface area contributed by atoms with Gasteiger partial charge >= 0.3 is 0 Å². The first-order chi connectivity index (χ1) is 7.95. The molecule has 0 amide bonds. The highest BCUT2D eigenvalue weighted by atomic mass is 16.5. The molecule has 0 aromatic carbocycles. The number of aromatic nitrogens is 2. The van der Waals surface area contributed by atoms with Gasteiger partial charge in [-0.05, 0) is 40.0 Å². The second kappa shape index (κ2) is 4.33. The van der Waals surface area contributed by atoms with Crippen LogP contribution in [0.4, 0.5) is 0 Å². The van der Waals surface area contributed by atoms with Crippen LogP contribution in [0.15, 0.2) is 0 Å². The average Bonchev–Trinajstić information content (AvgIpc) is 2.53. The molecule has 0 radical (unpaired) electrons. The van der Waals surface area contributed by atoms with Crippen molar-refractivity contribution < 1.29 is 4.74 Å². The van der Waals surface area contributed by atoms with Gasteiger partial charge in [0, 0.05) is 6.04 Å². The molecule has 1 aromatic heterocycles. The summed E-state index contributed by atoms with van der Waals surface area (Å²) in [5.74, 6) is 0.888. The minimum absolute atomic E-state index is 0.0679. The molecule has 0 fully saturated rings. The normalized spacial score (nSPS) is 20.6. The van der Waals surface area contributed by atoms with Crippen LogP contribution in [0.5, 0.6) is 5.88 Å². The van der Waals surface area contributed by atoms with E-state index in [1.807, 2.05) is 4.68 Å². The zero-order valence-corrected chi connectivity index (χ0v) is 11.3. The van der Waals surface area contributed by atoms with E-state index in [1.165, 1.54) is 0 Å². The number of aryl methyl sites for hydroxylation is 1. The molecule has 2 heterocycles. The van der Waals surface area contributed by atoms with E-state index in [4.69, 9.17) is 10.5 Å². The average molecular weight is 237 g/mol. The van der Waals surface area contributed by atoms with E-state index in [2.05, 4.69) is 32.8 Å². The Bertz CT molecular complexity index is 404. The summed E-state index contributed by atoms with van der Waals surface area (Å²) in [6.45, 7) is 9.28. The van der Waals surface area contributed by atoms with Crippen LogP contribution in [0.25, 0.3) is 0 Å². The predicted octanol–water partition coefficient (Wildman–Crippen LogP) is 2.37. The molecule has 0 bridgehead atoms. The SMILES string of the molecule is CCc1nn(C(C)(C)C)c2c1C(N)CCCO2. The minimum atomic E-state index is -0.0679. The van der Waals surface area contributed by atoms with E-state index >= 15 is 0 Å². The first kappa shape index (κ1) is 12.4. The third-order valence-corrected chi connectivity index (χ3v) is 3.19. The number of nitrogens with two attached hydrogens (primary N) is 1. The van der Waals surface area contributed by atoms with E-state index in [1.54, 1.807) is 0 Å². The molecule has 1 atom stereocenters. The second-order valence-electron chi connectivity index (χ2n) is 5.70. The summed E-state index contributed by atoms with van der Waals surface area (Å²) in [6, 6.07) is 0.0681. The topological polar surface area (TPSA) is 53.1 Å². The largest absolute Gasteiger partial charge is 0.478 e. The van der Waals surface area contributed by atoms with Crippen LogP contribution < -0.4 is 10.5 Å². The van der Waals surface area contributed by atoms with Crippen molar-refractivity contribution in [3.8, 4) is 5.88 Å². The van der Waals surface area contributed by atoms with Crippen molar-refractivity contribution >= 4 is 0 Å². The Balaban J connectivity index is 2.57. The fraction of sp³-hybridized carbons (Fsp3) is 0.769. The molecule has 0 saturated carbocycles. The fourth-order valence-corrected chi connectivity index (χ4v) is 2.30. The lowest BCUT2D eigenvalue weighted by Gasteiger charge is -2.22. The van der Waals surface area contributed by atoms with Gasteiger partial charge in [0.1, 0.15) is 0 Å². The molecular weight excluding hydrogens is 214 g/mol. The van der Waals surface area contributed by atoms with Crippen LogP contribution >= 0.6 is 0 Å². The van der Waals surface area contributed by atoms with Crippen molar-refractivity contribution in [2.75, 3.05) is 6.61 Å². The number of rotatable bonds is 1. The van der Waals surface area contributed by atoms with Gasteiger partial charge in [-0.15, -0.1) is 0 Å². The Kier molecular flexibility index (Phi) is 3.17. The van der Waals surface area contributed by atoms with Crippen molar-refractivity contribution in [2.24, 2.45) is 5.73 Å². The maximum absolute atomic E-state index is 6.25. The summed E-state index contributed by atoms with van der Waals surface area (Å²) in [7, 11) is 0. The van der Waals surface area contributed by atoms with Gasteiger partial charge in [0.15, 0.2) is 0 Å². The third kappa shape index (κ3) is 2.18. The fourth-order valence-electron chi connectivity index (χ4n) is 2.30. The van der Waals surface area contributed by atoms with Crippen LogP contribution in [0.3, 0.4) is 0 Å². The standard InChI is InChI=1S/C13H23N3O/c1-5-10-11-9(14)7-6-8-17-12(11)16(15-10)13(2,3)4/h9H,5-8,14H2,1-4H3. The van der Waals surface area contributed by atoms with Gasteiger partial charge in [0.2, 0.25) is 5.88 Å². The number of hydrogen-bond acceptors (Lipinski definition) is 3. The van der Waals surface area contributed by atoms with Gasteiger partial charge in [0.05, 0.1) is 23.4 Å². The van der Waals surface area contributed by atoms with Crippen molar-refractivity contribution in [1.29, 1.82) is 0 Å². The number of ether oxygens (including phenoxy) is 1. The van der Waals surface area contributed by atoms with Crippen LogP contribution in [0.2, 0.25) is 0 Å². The first-order valence-electron chi connectivity index (χ1n) is 6.45. The van der Waals surface area contributed by atoms with Crippen molar-refractivity contribution in [2.45, 2.75) is 58.5 Å². The predicted molar refractivity (Wildman–Crippen MR) is 68.3 cm³/mol. The lowest BCUT2D eigenvalue weighted by atomic mass is 10.0. The maximum Gasteiger partial charge on any atom is 0.217 e. The molecular formula is C13H23N3O. The highest BCUT2D eigenvalue weighted by Gasteiger charge is 2.29. The highest BCUT2D eigenvalue weighted by Crippen LogP contribution is 2.36. The molecule has 17 heavy (non-hydrogen) atoms. The molecule has 1 aromatic rings. The Morgan fingerprint density at radius 3 is 2.76 bits per heavy atom. The molecule has 1 aliphatic rings. The zero-order valence-electron chi connectivity index (χ0n) is 11.3. The molecule has 1 unspecified atom stereocenters. The van der Waals surface area contributed by atoms with E-state index < -0.39 is 0 Å². The van der Waals surface area contributed by atoms with Crippen LogP contribution in [0.1, 0.15) is 57.8 Å². The highest BCUT2D eigenvalue weighted by molar-refractivity contribution is 5.36. The van der Waals surface area contributed by atoms with Crippen LogP contribution in [0, 0.1) is 0 Å². The van der Waals surface area contributed by atoms with E-state index in [0.717, 1.165) is 43.0 Å². The Morgan fingerprint density at radius 1 is 1.47 bits per heavy atom.